The summed E-state index contributed by atoms with van der Waals surface area (Å²) in [7, 11) is 0. The minimum atomic E-state index is -0.401. The van der Waals surface area contributed by atoms with Crippen LogP contribution in [-0.4, -0.2) is 24.3 Å². The molecule has 0 saturated heterocycles. The summed E-state index contributed by atoms with van der Waals surface area (Å²) in [6.07, 6.45) is 0.736. The first kappa shape index (κ1) is 15.8. The number of benzene rings is 1. The number of thiophene rings is 1. The van der Waals surface area contributed by atoms with Crippen LogP contribution in [0.3, 0.4) is 0 Å². The predicted octanol–water partition coefficient (Wildman–Crippen LogP) is 2.98. The minimum absolute atomic E-state index is 0.141. The van der Waals surface area contributed by atoms with Gasteiger partial charge in [0.05, 0.1) is 17.0 Å². The van der Waals surface area contributed by atoms with Crippen molar-refractivity contribution < 1.29 is 9.90 Å². The molecule has 0 unspecified atom stereocenters. The van der Waals surface area contributed by atoms with Gasteiger partial charge in [0.25, 0.3) is 0 Å². The van der Waals surface area contributed by atoms with Crippen LogP contribution in [0.5, 0.6) is 0 Å². The zero-order valence-corrected chi connectivity index (χ0v) is 13.0. The Labute approximate surface area is 132 Å². The van der Waals surface area contributed by atoms with Crippen LogP contribution < -0.4 is 10.6 Å². The van der Waals surface area contributed by atoms with Crippen LogP contribution in [0, 0.1) is 0 Å². The fourth-order valence-corrected chi connectivity index (χ4v) is 3.00. The number of carbonyl (C=O) groups is 1. The van der Waals surface area contributed by atoms with Crippen molar-refractivity contribution in [1.82, 2.24) is 10.6 Å². The Morgan fingerprint density at radius 1 is 1.24 bits per heavy atom. The van der Waals surface area contributed by atoms with E-state index in [4.69, 9.17) is 11.6 Å². The number of hydrogen-bond acceptors (Lipinski definition) is 3. The Kier molecular flexibility index (Phi) is 6.04. The number of urea groups is 1. The van der Waals surface area contributed by atoms with E-state index >= 15 is 0 Å². The third kappa shape index (κ3) is 5.04. The summed E-state index contributed by atoms with van der Waals surface area (Å²) in [6.45, 7) is 0.383. The molecule has 4 nitrogen and oxygen atoms in total. The number of carbonyl (C=O) groups excluding carboxylic acids is 1. The smallest absolute Gasteiger partial charge is 0.315 e. The topological polar surface area (TPSA) is 61.4 Å². The van der Waals surface area contributed by atoms with Gasteiger partial charge in [-0.05, 0) is 24.1 Å². The molecular weight excluding hydrogens is 308 g/mol. The summed E-state index contributed by atoms with van der Waals surface area (Å²) in [5, 5.41) is 14.9. The number of aliphatic hydroxyl groups is 1. The highest BCUT2D eigenvalue weighted by atomic mass is 35.5. The molecule has 2 rings (SSSR count). The van der Waals surface area contributed by atoms with Crippen molar-refractivity contribution in [3.05, 3.63) is 57.2 Å². The SMILES string of the molecule is O=C(NCCc1ccc(Cl)s1)N[C@H](CO)c1ccccc1. The van der Waals surface area contributed by atoms with E-state index in [-0.39, 0.29) is 12.6 Å². The second-order valence-electron chi connectivity index (χ2n) is 4.50. The summed E-state index contributed by atoms with van der Waals surface area (Å²) in [6, 6.07) is 12.5. The Morgan fingerprint density at radius 3 is 2.62 bits per heavy atom. The molecule has 1 atom stereocenters. The van der Waals surface area contributed by atoms with Crippen molar-refractivity contribution in [2.75, 3.05) is 13.2 Å². The summed E-state index contributed by atoms with van der Waals surface area (Å²) in [5.41, 5.74) is 0.875. The molecule has 2 amide bonds. The van der Waals surface area contributed by atoms with Crippen LogP contribution in [0.2, 0.25) is 4.34 Å². The Morgan fingerprint density at radius 2 is 2.00 bits per heavy atom. The van der Waals surface area contributed by atoms with E-state index in [1.165, 1.54) is 11.3 Å². The van der Waals surface area contributed by atoms with Crippen LogP contribution in [0.15, 0.2) is 42.5 Å². The quantitative estimate of drug-likeness (QED) is 0.765. The third-order valence-electron chi connectivity index (χ3n) is 2.98. The monoisotopic (exact) mass is 324 g/mol. The standard InChI is InChI=1S/C15H17ClN2O2S/c16-14-7-6-12(21-14)8-9-17-15(20)18-13(10-19)11-4-2-1-3-5-11/h1-7,13,19H,8-10H2,(H2,17,18,20)/t13-/m1/s1. The van der Waals surface area contributed by atoms with Crippen LogP contribution in [0.4, 0.5) is 4.79 Å². The fraction of sp³-hybridized carbons (Fsp3) is 0.267. The zero-order valence-electron chi connectivity index (χ0n) is 11.4. The molecule has 3 N–H and O–H groups in total. The highest BCUT2D eigenvalue weighted by Crippen LogP contribution is 2.21. The van der Waals surface area contributed by atoms with Gasteiger partial charge in [0.2, 0.25) is 0 Å². The van der Waals surface area contributed by atoms with Crippen molar-refractivity contribution in [3.8, 4) is 0 Å². The van der Waals surface area contributed by atoms with Gasteiger partial charge in [-0.1, -0.05) is 41.9 Å². The molecule has 0 bridgehead atoms. The molecule has 0 aliphatic carbocycles. The van der Waals surface area contributed by atoms with Gasteiger partial charge < -0.3 is 15.7 Å². The first-order chi connectivity index (χ1) is 10.2. The van der Waals surface area contributed by atoms with Crippen molar-refractivity contribution in [3.63, 3.8) is 0 Å². The van der Waals surface area contributed by atoms with Gasteiger partial charge in [-0.15, -0.1) is 11.3 Å². The molecule has 6 heteroatoms. The van der Waals surface area contributed by atoms with Crippen molar-refractivity contribution >= 4 is 29.0 Å². The van der Waals surface area contributed by atoms with Crippen molar-refractivity contribution in [1.29, 1.82) is 0 Å². The van der Waals surface area contributed by atoms with Gasteiger partial charge in [0.1, 0.15) is 0 Å². The lowest BCUT2D eigenvalue weighted by Gasteiger charge is -2.17. The Hall–Kier alpha value is -1.56. The van der Waals surface area contributed by atoms with E-state index in [1.807, 2.05) is 42.5 Å². The highest BCUT2D eigenvalue weighted by Gasteiger charge is 2.12. The van der Waals surface area contributed by atoms with Crippen LogP contribution in [0.1, 0.15) is 16.5 Å². The molecule has 21 heavy (non-hydrogen) atoms. The summed E-state index contributed by atoms with van der Waals surface area (Å²) < 4.78 is 0.749. The van der Waals surface area contributed by atoms with E-state index in [2.05, 4.69) is 10.6 Å². The largest absolute Gasteiger partial charge is 0.394 e. The zero-order chi connectivity index (χ0) is 15.1. The van der Waals surface area contributed by atoms with Gasteiger partial charge >= 0.3 is 6.03 Å². The summed E-state index contributed by atoms with van der Waals surface area (Å²) in [4.78, 5) is 13.0. The maximum absolute atomic E-state index is 11.8. The van der Waals surface area contributed by atoms with E-state index in [0.717, 1.165) is 21.2 Å². The number of halogens is 1. The Balaban J connectivity index is 1.78. The number of rotatable bonds is 6. The van der Waals surface area contributed by atoms with Crippen molar-refractivity contribution in [2.24, 2.45) is 0 Å². The molecule has 0 saturated carbocycles. The molecule has 0 fully saturated rings. The number of hydrogen-bond donors (Lipinski definition) is 3. The molecule has 0 radical (unpaired) electrons. The molecule has 0 aliphatic heterocycles. The molecule has 1 aromatic carbocycles. The lowest BCUT2D eigenvalue weighted by molar-refractivity contribution is 0.217. The molecule has 1 heterocycles. The second kappa shape index (κ2) is 8.02. The van der Waals surface area contributed by atoms with Crippen LogP contribution >= 0.6 is 22.9 Å². The number of aliphatic hydroxyl groups excluding tert-OH is 1. The maximum Gasteiger partial charge on any atom is 0.315 e. The number of nitrogens with one attached hydrogen (secondary N) is 2. The summed E-state index contributed by atoms with van der Waals surface area (Å²) >= 11 is 7.36. The van der Waals surface area contributed by atoms with E-state index in [1.54, 1.807) is 0 Å². The molecule has 0 spiro atoms. The third-order valence-corrected chi connectivity index (χ3v) is 4.27. The Bertz CT molecular complexity index is 574. The van der Waals surface area contributed by atoms with E-state index in [0.29, 0.717) is 6.54 Å². The first-order valence-corrected chi connectivity index (χ1v) is 7.83. The lowest BCUT2D eigenvalue weighted by atomic mass is 10.1. The fourth-order valence-electron chi connectivity index (χ4n) is 1.91. The van der Waals surface area contributed by atoms with Gasteiger partial charge in [0, 0.05) is 11.4 Å². The van der Waals surface area contributed by atoms with E-state index < -0.39 is 6.04 Å². The molecule has 0 aliphatic rings. The van der Waals surface area contributed by atoms with Crippen LogP contribution in [-0.2, 0) is 6.42 Å². The lowest BCUT2D eigenvalue weighted by Crippen LogP contribution is -2.40. The highest BCUT2D eigenvalue weighted by molar-refractivity contribution is 7.16. The van der Waals surface area contributed by atoms with Crippen LogP contribution in [0.25, 0.3) is 0 Å². The molecule has 1 aromatic heterocycles. The predicted molar refractivity (Wildman–Crippen MR) is 85.8 cm³/mol. The van der Waals surface area contributed by atoms with Gasteiger partial charge in [0.15, 0.2) is 0 Å². The summed E-state index contributed by atoms with van der Waals surface area (Å²) in [5.74, 6) is 0. The number of amides is 2. The van der Waals surface area contributed by atoms with Crippen molar-refractivity contribution in [2.45, 2.75) is 12.5 Å². The second-order valence-corrected chi connectivity index (χ2v) is 6.30. The van der Waals surface area contributed by atoms with Gasteiger partial charge in [-0.3, -0.25) is 0 Å². The first-order valence-electron chi connectivity index (χ1n) is 6.63. The maximum atomic E-state index is 11.8. The molecule has 112 valence electrons. The normalized spacial score (nSPS) is 11.9. The average molecular weight is 325 g/mol. The van der Waals surface area contributed by atoms with Gasteiger partial charge in [-0.2, -0.15) is 0 Å². The van der Waals surface area contributed by atoms with Gasteiger partial charge in [-0.25, -0.2) is 4.79 Å². The average Bonchev–Trinajstić information content (AvgIpc) is 2.91. The van der Waals surface area contributed by atoms with E-state index in [9.17, 15) is 9.90 Å². The minimum Gasteiger partial charge on any atom is -0.394 e. The molecule has 2 aromatic rings. The molecular formula is C15H17ClN2O2S.